The van der Waals surface area contributed by atoms with Crippen molar-refractivity contribution >= 4 is 5.97 Å². The zero-order chi connectivity index (χ0) is 24.9. The standard InChI is InChI=1S/C18H18F12O2/c1-6-7(2)9-3-8(6)4-13(9,18(28,29)30)12(31)32-5-10-14(20,21)16(24,25)11(19)17(26,27)15(10,22)23/h6-11H,3-5H2,1-2H3. The van der Waals surface area contributed by atoms with Gasteiger partial charge in [0.05, 0.1) is 0 Å². The number of rotatable bonds is 3. The lowest BCUT2D eigenvalue weighted by molar-refractivity contribution is -0.406. The molecular formula is C18H18F12O2. The fourth-order valence-electron chi connectivity index (χ4n) is 5.47. The van der Waals surface area contributed by atoms with Gasteiger partial charge in [-0.2, -0.15) is 48.3 Å². The third-order valence-corrected chi connectivity index (χ3v) is 7.63. The topological polar surface area (TPSA) is 26.3 Å². The number of ether oxygens (including phenoxy) is 1. The average molecular weight is 494 g/mol. The Bertz CT molecular complexity index is 748. The van der Waals surface area contributed by atoms with Crippen molar-refractivity contribution in [2.45, 2.75) is 62.7 Å². The van der Waals surface area contributed by atoms with Gasteiger partial charge in [-0.05, 0) is 36.5 Å². The van der Waals surface area contributed by atoms with Crippen molar-refractivity contribution in [3.8, 4) is 0 Å². The maximum absolute atomic E-state index is 13.9. The van der Waals surface area contributed by atoms with Crippen LogP contribution in [0.3, 0.4) is 0 Å². The van der Waals surface area contributed by atoms with E-state index in [0.717, 1.165) is 0 Å². The van der Waals surface area contributed by atoms with Gasteiger partial charge >= 0.3 is 35.8 Å². The molecule has 3 rings (SSSR count). The zero-order valence-corrected chi connectivity index (χ0v) is 16.4. The van der Waals surface area contributed by atoms with Crippen LogP contribution in [-0.2, 0) is 9.53 Å². The number of hydrogen-bond acceptors (Lipinski definition) is 2. The molecule has 3 saturated carbocycles. The first-order chi connectivity index (χ1) is 14.2. The maximum atomic E-state index is 13.9. The summed E-state index contributed by atoms with van der Waals surface area (Å²) in [5.74, 6) is -34.6. The summed E-state index contributed by atoms with van der Waals surface area (Å²) < 4.78 is 169. The van der Waals surface area contributed by atoms with E-state index >= 15 is 0 Å². The van der Waals surface area contributed by atoms with Crippen LogP contribution in [0, 0.1) is 35.0 Å². The van der Waals surface area contributed by atoms with Gasteiger partial charge in [0.2, 0.25) is 6.17 Å². The molecule has 0 N–H and O–H groups in total. The lowest BCUT2D eigenvalue weighted by atomic mass is 9.65. The Morgan fingerprint density at radius 2 is 1.34 bits per heavy atom. The number of esters is 1. The van der Waals surface area contributed by atoms with E-state index in [0.29, 0.717) is 0 Å². The summed E-state index contributed by atoms with van der Waals surface area (Å²) in [6.07, 6.45) is -11.5. The van der Waals surface area contributed by atoms with Gasteiger partial charge in [0.1, 0.15) is 12.5 Å². The van der Waals surface area contributed by atoms with Crippen molar-refractivity contribution < 1.29 is 62.2 Å². The molecule has 0 aromatic rings. The summed E-state index contributed by atoms with van der Waals surface area (Å²) in [7, 11) is 0. The van der Waals surface area contributed by atoms with E-state index in [1.54, 1.807) is 6.92 Å². The Hall–Kier alpha value is -1.37. The maximum Gasteiger partial charge on any atom is 0.405 e. The van der Waals surface area contributed by atoms with Crippen molar-refractivity contribution in [3.05, 3.63) is 0 Å². The van der Waals surface area contributed by atoms with Crippen molar-refractivity contribution in [1.82, 2.24) is 0 Å². The van der Waals surface area contributed by atoms with Crippen LogP contribution in [0.5, 0.6) is 0 Å². The van der Waals surface area contributed by atoms with Gasteiger partial charge in [-0.15, -0.1) is 0 Å². The fraction of sp³-hybridized carbons (Fsp3) is 0.944. The number of hydrogen-bond donors (Lipinski definition) is 0. The smallest absolute Gasteiger partial charge is 0.405 e. The predicted molar refractivity (Wildman–Crippen MR) is 82.2 cm³/mol. The number of alkyl halides is 12. The molecule has 5 atom stereocenters. The molecule has 0 radical (unpaired) electrons. The first-order valence-electron chi connectivity index (χ1n) is 9.58. The van der Waals surface area contributed by atoms with Gasteiger partial charge in [0, 0.05) is 0 Å². The van der Waals surface area contributed by atoms with Gasteiger partial charge in [0.25, 0.3) is 0 Å². The fourth-order valence-corrected chi connectivity index (χ4v) is 5.47. The summed E-state index contributed by atoms with van der Waals surface area (Å²) in [6, 6.07) is 0. The number of carbonyl (C=O) groups excluding carboxylic acids is 1. The Labute approximate surface area is 173 Å². The molecule has 32 heavy (non-hydrogen) atoms. The molecule has 5 unspecified atom stereocenters. The molecule has 186 valence electrons. The normalized spacial score (nSPS) is 43.8. The van der Waals surface area contributed by atoms with Crippen LogP contribution in [0.1, 0.15) is 26.7 Å². The van der Waals surface area contributed by atoms with Crippen LogP contribution in [0.4, 0.5) is 52.7 Å². The second kappa shape index (κ2) is 6.83. The lowest BCUT2D eigenvalue weighted by Gasteiger charge is -2.47. The van der Waals surface area contributed by atoms with E-state index in [9.17, 15) is 57.5 Å². The zero-order valence-electron chi connectivity index (χ0n) is 16.4. The van der Waals surface area contributed by atoms with E-state index in [1.165, 1.54) is 6.92 Å². The van der Waals surface area contributed by atoms with Crippen LogP contribution in [0.25, 0.3) is 0 Å². The SMILES string of the molecule is CC1C2CC(C1C)C(C(=O)OCC1C(F)(F)C(F)(F)C(F)C(F)(F)C1(F)F)(C(F)(F)F)C2. The summed E-state index contributed by atoms with van der Waals surface area (Å²) in [5, 5.41) is 0. The molecule has 0 amide bonds. The van der Waals surface area contributed by atoms with Gasteiger partial charge in [-0.1, -0.05) is 13.8 Å². The van der Waals surface area contributed by atoms with Crippen molar-refractivity contribution in [3.63, 3.8) is 0 Å². The quantitative estimate of drug-likeness (QED) is 0.361. The largest absolute Gasteiger partial charge is 0.464 e. The Morgan fingerprint density at radius 1 is 0.875 bits per heavy atom. The minimum atomic E-state index is -6.30. The second-order valence-corrected chi connectivity index (χ2v) is 9.00. The first-order valence-corrected chi connectivity index (χ1v) is 9.58. The Balaban J connectivity index is 1.93. The monoisotopic (exact) mass is 494 g/mol. The van der Waals surface area contributed by atoms with E-state index < -0.39 is 84.1 Å². The molecule has 0 saturated heterocycles. The van der Waals surface area contributed by atoms with Crippen molar-refractivity contribution in [2.75, 3.05) is 6.61 Å². The third-order valence-electron chi connectivity index (χ3n) is 7.63. The summed E-state index contributed by atoms with van der Waals surface area (Å²) >= 11 is 0. The molecule has 0 aromatic carbocycles. The highest BCUT2D eigenvalue weighted by Crippen LogP contribution is 2.67. The minimum absolute atomic E-state index is 0.105. The number of fused-ring (bicyclic) bond motifs is 2. The predicted octanol–water partition coefficient (Wildman–Crippen LogP) is 5.90. The average Bonchev–Trinajstić information content (AvgIpc) is 3.17. The molecule has 2 nitrogen and oxygen atoms in total. The molecule has 0 aliphatic heterocycles. The molecule has 2 bridgehead atoms. The highest BCUT2D eigenvalue weighted by molar-refractivity contribution is 5.79. The first kappa shape index (κ1) is 25.3. The van der Waals surface area contributed by atoms with Gasteiger partial charge in [0.15, 0.2) is 5.41 Å². The van der Waals surface area contributed by atoms with Gasteiger partial charge in [-0.25, -0.2) is 4.39 Å². The van der Waals surface area contributed by atoms with E-state index in [1.807, 2.05) is 0 Å². The summed E-state index contributed by atoms with van der Waals surface area (Å²) in [6.45, 7) is 0.436. The van der Waals surface area contributed by atoms with Crippen LogP contribution in [0.2, 0.25) is 0 Å². The molecule has 0 aromatic heterocycles. The molecule has 3 aliphatic rings. The van der Waals surface area contributed by atoms with Gasteiger partial charge < -0.3 is 4.74 Å². The number of halogens is 12. The van der Waals surface area contributed by atoms with Crippen LogP contribution < -0.4 is 0 Å². The highest BCUT2D eigenvalue weighted by atomic mass is 19.4. The molecule has 14 heteroatoms. The molecule has 3 aliphatic carbocycles. The summed E-state index contributed by atoms with van der Waals surface area (Å²) in [4.78, 5) is 12.4. The minimum Gasteiger partial charge on any atom is -0.464 e. The number of carbonyl (C=O) groups is 1. The third kappa shape index (κ3) is 2.85. The molecule has 3 fully saturated rings. The van der Waals surface area contributed by atoms with E-state index in [4.69, 9.17) is 0 Å². The molecule has 0 heterocycles. The second-order valence-electron chi connectivity index (χ2n) is 9.00. The Kier molecular flexibility index (Phi) is 5.39. The van der Waals surface area contributed by atoms with Crippen LogP contribution in [0.15, 0.2) is 0 Å². The van der Waals surface area contributed by atoms with E-state index in [2.05, 4.69) is 4.74 Å². The highest BCUT2D eigenvalue weighted by Gasteiger charge is 2.87. The Morgan fingerprint density at radius 3 is 1.72 bits per heavy atom. The molecular weight excluding hydrogens is 476 g/mol. The van der Waals surface area contributed by atoms with E-state index in [-0.39, 0.29) is 12.3 Å². The van der Waals surface area contributed by atoms with Crippen LogP contribution in [-0.4, -0.2) is 48.6 Å². The van der Waals surface area contributed by atoms with Crippen molar-refractivity contribution in [2.24, 2.45) is 35.0 Å². The van der Waals surface area contributed by atoms with Gasteiger partial charge in [-0.3, -0.25) is 4.79 Å². The lowest BCUT2D eigenvalue weighted by Crippen LogP contribution is -2.73. The van der Waals surface area contributed by atoms with Crippen LogP contribution >= 0.6 is 0 Å². The summed E-state index contributed by atoms with van der Waals surface area (Å²) in [5.41, 5.74) is -3.28. The molecule has 0 spiro atoms. The van der Waals surface area contributed by atoms with Crippen molar-refractivity contribution in [1.29, 1.82) is 0 Å².